The Labute approximate surface area is 117 Å². The van der Waals surface area contributed by atoms with E-state index in [0.717, 1.165) is 24.6 Å². The summed E-state index contributed by atoms with van der Waals surface area (Å²) in [7, 11) is 0. The van der Waals surface area contributed by atoms with Gasteiger partial charge in [-0.2, -0.15) is 0 Å². The number of amides is 1. The first-order chi connectivity index (χ1) is 9.74. The van der Waals surface area contributed by atoms with E-state index >= 15 is 0 Å². The SMILES string of the molecule is C[C@H]1NCCn2cc(C(=O)NCc3ccccn3)nc21. The minimum Gasteiger partial charge on any atom is -0.345 e. The van der Waals surface area contributed by atoms with Gasteiger partial charge in [0.25, 0.3) is 5.91 Å². The van der Waals surface area contributed by atoms with Crippen LogP contribution in [0, 0.1) is 0 Å². The molecule has 1 aliphatic rings. The van der Waals surface area contributed by atoms with Crippen LogP contribution in [0.3, 0.4) is 0 Å². The van der Waals surface area contributed by atoms with Gasteiger partial charge < -0.3 is 15.2 Å². The molecule has 1 amide bonds. The number of rotatable bonds is 3. The fourth-order valence-corrected chi connectivity index (χ4v) is 2.32. The van der Waals surface area contributed by atoms with E-state index in [9.17, 15) is 4.79 Å². The second-order valence-corrected chi connectivity index (χ2v) is 4.86. The van der Waals surface area contributed by atoms with E-state index < -0.39 is 0 Å². The van der Waals surface area contributed by atoms with Crippen molar-refractivity contribution >= 4 is 5.91 Å². The lowest BCUT2D eigenvalue weighted by Gasteiger charge is -2.21. The van der Waals surface area contributed by atoms with Crippen molar-refractivity contribution in [2.45, 2.75) is 26.1 Å². The molecule has 1 atom stereocenters. The molecular formula is C14H17N5O. The maximum absolute atomic E-state index is 12.1. The molecule has 0 aromatic carbocycles. The van der Waals surface area contributed by atoms with E-state index in [0.29, 0.717) is 12.2 Å². The Morgan fingerprint density at radius 1 is 1.55 bits per heavy atom. The number of carbonyl (C=O) groups excluding carboxylic acids is 1. The van der Waals surface area contributed by atoms with Crippen molar-refractivity contribution in [2.75, 3.05) is 6.54 Å². The molecule has 0 spiro atoms. The predicted molar refractivity (Wildman–Crippen MR) is 74.1 cm³/mol. The summed E-state index contributed by atoms with van der Waals surface area (Å²) in [6, 6.07) is 5.81. The van der Waals surface area contributed by atoms with E-state index in [-0.39, 0.29) is 11.9 Å². The number of nitrogens with one attached hydrogen (secondary N) is 2. The molecule has 20 heavy (non-hydrogen) atoms. The molecule has 1 aliphatic heterocycles. The molecule has 3 heterocycles. The Balaban J connectivity index is 1.69. The lowest BCUT2D eigenvalue weighted by atomic mass is 10.2. The van der Waals surface area contributed by atoms with E-state index in [1.54, 1.807) is 6.20 Å². The minimum absolute atomic E-state index is 0.162. The maximum atomic E-state index is 12.1. The molecule has 0 aliphatic carbocycles. The zero-order chi connectivity index (χ0) is 13.9. The van der Waals surface area contributed by atoms with E-state index in [4.69, 9.17) is 0 Å². The fraction of sp³-hybridized carbons (Fsp3) is 0.357. The summed E-state index contributed by atoms with van der Waals surface area (Å²) in [4.78, 5) is 20.7. The highest BCUT2D eigenvalue weighted by Gasteiger charge is 2.21. The van der Waals surface area contributed by atoms with Crippen LogP contribution in [0.2, 0.25) is 0 Å². The first kappa shape index (κ1) is 12.8. The number of nitrogens with zero attached hydrogens (tertiary/aromatic N) is 3. The van der Waals surface area contributed by atoms with Gasteiger partial charge >= 0.3 is 0 Å². The summed E-state index contributed by atoms with van der Waals surface area (Å²) in [5.74, 6) is 0.754. The van der Waals surface area contributed by atoms with Crippen LogP contribution in [0.4, 0.5) is 0 Å². The Hall–Kier alpha value is -2.21. The summed E-state index contributed by atoms with van der Waals surface area (Å²) in [5, 5.41) is 6.16. The molecule has 2 aromatic rings. The van der Waals surface area contributed by atoms with Gasteiger partial charge in [-0.1, -0.05) is 6.07 Å². The monoisotopic (exact) mass is 271 g/mol. The van der Waals surface area contributed by atoms with Gasteiger partial charge in [-0.05, 0) is 19.1 Å². The van der Waals surface area contributed by atoms with Crippen molar-refractivity contribution in [2.24, 2.45) is 0 Å². The first-order valence-corrected chi connectivity index (χ1v) is 6.72. The normalized spacial score (nSPS) is 17.6. The molecule has 104 valence electrons. The Bertz CT molecular complexity index is 607. The fourth-order valence-electron chi connectivity index (χ4n) is 2.32. The summed E-state index contributed by atoms with van der Waals surface area (Å²) in [6.07, 6.45) is 3.53. The molecule has 0 saturated heterocycles. The average Bonchev–Trinajstić information content (AvgIpc) is 2.91. The summed E-state index contributed by atoms with van der Waals surface area (Å²) in [5.41, 5.74) is 1.30. The second-order valence-electron chi connectivity index (χ2n) is 4.86. The highest BCUT2D eigenvalue weighted by Crippen LogP contribution is 2.16. The lowest BCUT2D eigenvalue weighted by Crippen LogP contribution is -2.31. The van der Waals surface area contributed by atoms with Gasteiger partial charge in [0.15, 0.2) is 0 Å². The largest absolute Gasteiger partial charge is 0.345 e. The molecule has 0 radical (unpaired) electrons. The maximum Gasteiger partial charge on any atom is 0.271 e. The molecule has 0 unspecified atom stereocenters. The number of carbonyl (C=O) groups is 1. The molecule has 0 fully saturated rings. The quantitative estimate of drug-likeness (QED) is 0.869. The van der Waals surface area contributed by atoms with Crippen molar-refractivity contribution in [3.05, 3.63) is 47.8 Å². The molecule has 2 N–H and O–H groups in total. The van der Waals surface area contributed by atoms with Gasteiger partial charge in [0, 0.05) is 25.5 Å². The Kier molecular flexibility index (Phi) is 3.47. The molecule has 3 rings (SSSR count). The van der Waals surface area contributed by atoms with Gasteiger partial charge in [0.05, 0.1) is 18.3 Å². The van der Waals surface area contributed by atoms with Crippen LogP contribution in [0.15, 0.2) is 30.6 Å². The van der Waals surface area contributed by atoms with Gasteiger partial charge in [0.2, 0.25) is 0 Å². The molecular weight excluding hydrogens is 254 g/mol. The molecule has 6 heteroatoms. The van der Waals surface area contributed by atoms with Crippen molar-refractivity contribution in [1.29, 1.82) is 0 Å². The van der Waals surface area contributed by atoms with Crippen molar-refractivity contribution in [3.8, 4) is 0 Å². The second kappa shape index (κ2) is 5.42. The van der Waals surface area contributed by atoms with Crippen LogP contribution in [0.1, 0.15) is 35.0 Å². The Morgan fingerprint density at radius 3 is 3.20 bits per heavy atom. The Morgan fingerprint density at radius 2 is 2.45 bits per heavy atom. The van der Waals surface area contributed by atoms with Crippen LogP contribution in [0.25, 0.3) is 0 Å². The predicted octanol–water partition coefficient (Wildman–Crippen LogP) is 0.872. The molecule has 0 saturated carbocycles. The third kappa shape index (κ3) is 2.55. The third-order valence-corrected chi connectivity index (χ3v) is 3.39. The smallest absolute Gasteiger partial charge is 0.271 e. The third-order valence-electron chi connectivity index (χ3n) is 3.39. The van der Waals surface area contributed by atoms with E-state index in [1.165, 1.54) is 0 Å². The topological polar surface area (TPSA) is 71.8 Å². The van der Waals surface area contributed by atoms with Crippen molar-refractivity contribution in [3.63, 3.8) is 0 Å². The number of aromatic nitrogens is 3. The van der Waals surface area contributed by atoms with Gasteiger partial charge in [-0.3, -0.25) is 9.78 Å². The summed E-state index contributed by atoms with van der Waals surface area (Å²) in [6.45, 7) is 4.21. The van der Waals surface area contributed by atoms with Gasteiger partial charge in [-0.15, -0.1) is 0 Å². The van der Waals surface area contributed by atoms with E-state index in [2.05, 4.69) is 20.6 Å². The van der Waals surface area contributed by atoms with Gasteiger partial charge in [-0.25, -0.2) is 4.98 Å². The zero-order valence-corrected chi connectivity index (χ0v) is 11.3. The number of fused-ring (bicyclic) bond motifs is 1. The van der Waals surface area contributed by atoms with Crippen molar-refractivity contribution in [1.82, 2.24) is 25.2 Å². The standard InChI is InChI=1S/C14H17N5O/c1-10-13-18-12(9-19(13)7-6-15-10)14(20)17-8-11-4-2-3-5-16-11/h2-5,9-10,15H,6-8H2,1H3,(H,17,20)/t10-/m1/s1. The zero-order valence-electron chi connectivity index (χ0n) is 11.3. The first-order valence-electron chi connectivity index (χ1n) is 6.72. The highest BCUT2D eigenvalue weighted by atomic mass is 16.1. The lowest BCUT2D eigenvalue weighted by molar-refractivity contribution is 0.0945. The van der Waals surface area contributed by atoms with E-state index in [1.807, 2.05) is 35.9 Å². The number of pyridine rings is 1. The van der Waals surface area contributed by atoms with Crippen LogP contribution in [-0.4, -0.2) is 27.0 Å². The number of hydrogen-bond donors (Lipinski definition) is 2. The average molecular weight is 271 g/mol. The summed E-state index contributed by atoms with van der Waals surface area (Å²) >= 11 is 0. The molecule has 6 nitrogen and oxygen atoms in total. The van der Waals surface area contributed by atoms with Gasteiger partial charge in [0.1, 0.15) is 11.5 Å². The van der Waals surface area contributed by atoms with Crippen LogP contribution in [-0.2, 0) is 13.1 Å². The minimum atomic E-state index is -0.162. The highest BCUT2D eigenvalue weighted by molar-refractivity contribution is 5.92. The molecule has 2 aromatic heterocycles. The van der Waals surface area contributed by atoms with Crippen molar-refractivity contribution < 1.29 is 4.79 Å². The van der Waals surface area contributed by atoms with Crippen LogP contribution < -0.4 is 10.6 Å². The van der Waals surface area contributed by atoms with Crippen LogP contribution in [0.5, 0.6) is 0 Å². The molecule has 0 bridgehead atoms. The number of hydrogen-bond acceptors (Lipinski definition) is 4. The summed E-state index contributed by atoms with van der Waals surface area (Å²) < 4.78 is 2.04. The number of imidazole rings is 1. The van der Waals surface area contributed by atoms with Crippen LogP contribution >= 0.6 is 0 Å².